The van der Waals surface area contributed by atoms with Crippen molar-refractivity contribution in [1.82, 2.24) is 4.57 Å². The Kier molecular flexibility index (Phi) is 6.28. The zero-order chi connectivity index (χ0) is 33.5. The minimum Gasteiger partial charge on any atom is -0.333 e. The molecule has 0 fully saturated rings. The van der Waals surface area contributed by atoms with E-state index in [1.807, 2.05) is 11.3 Å². The summed E-state index contributed by atoms with van der Waals surface area (Å²) in [6, 6.07) is 58.5. The average Bonchev–Trinajstić information content (AvgIpc) is 3.86. The molecule has 0 saturated carbocycles. The van der Waals surface area contributed by atoms with Gasteiger partial charge in [0.25, 0.3) is 0 Å². The van der Waals surface area contributed by atoms with Crippen LogP contribution in [0.4, 0.5) is 11.4 Å². The minimum absolute atomic E-state index is 0.275. The molecule has 2 unspecified atom stereocenters. The summed E-state index contributed by atoms with van der Waals surface area (Å²) in [6.07, 6.45) is 9.08. The molecule has 2 nitrogen and oxygen atoms in total. The van der Waals surface area contributed by atoms with E-state index in [-0.39, 0.29) is 6.04 Å². The fourth-order valence-electron chi connectivity index (χ4n) is 8.64. The van der Waals surface area contributed by atoms with Crippen LogP contribution in [0.25, 0.3) is 69.9 Å². The highest BCUT2D eigenvalue weighted by Gasteiger charge is 2.37. The number of fused-ring (bicyclic) bond motifs is 9. The van der Waals surface area contributed by atoms with Gasteiger partial charge in [-0.1, -0.05) is 127 Å². The predicted molar refractivity (Wildman–Crippen MR) is 218 cm³/mol. The van der Waals surface area contributed by atoms with Gasteiger partial charge in [-0.25, -0.2) is 0 Å². The molecule has 11 rings (SSSR count). The number of allylic oxidation sites excluding steroid dienone is 2. The van der Waals surface area contributed by atoms with Gasteiger partial charge in [0.05, 0.1) is 17.1 Å². The molecule has 3 heterocycles. The van der Waals surface area contributed by atoms with E-state index < -0.39 is 0 Å². The van der Waals surface area contributed by atoms with Gasteiger partial charge in [0, 0.05) is 53.9 Å². The summed E-state index contributed by atoms with van der Waals surface area (Å²) in [5.74, 6) is 0.363. The second-order valence-corrected chi connectivity index (χ2v) is 14.7. The van der Waals surface area contributed by atoms with Crippen LogP contribution in [-0.4, -0.2) is 10.6 Å². The van der Waals surface area contributed by atoms with Crippen LogP contribution in [0, 0.1) is 0 Å². The molecule has 0 saturated heterocycles. The maximum atomic E-state index is 2.53. The Balaban J connectivity index is 1.03. The SMILES string of the molecule is C1=CC2c3ccccc3N(c3ccc4c(c3)c3ccccc3n4-c3cccc(-c4cccc(-c5cccc6c5sc5ccccc56)c4)c3)C2C=C1. The zero-order valence-electron chi connectivity index (χ0n) is 27.8. The second-order valence-electron chi connectivity index (χ2n) is 13.7. The van der Waals surface area contributed by atoms with Gasteiger partial charge < -0.3 is 9.47 Å². The maximum Gasteiger partial charge on any atom is 0.0629 e. The molecule has 0 radical (unpaired) electrons. The lowest BCUT2D eigenvalue weighted by molar-refractivity contribution is 0.745. The van der Waals surface area contributed by atoms with E-state index in [1.54, 1.807) is 0 Å². The highest BCUT2D eigenvalue weighted by molar-refractivity contribution is 7.26. The van der Waals surface area contributed by atoms with Gasteiger partial charge >= 0.3 is 0 Å². The molecule has 0 amide bonds. The lowest BCUT2D eigenvalue weighted by Crippen LogP contribution is -2.28. The number of anilines is 2. The van der Waals surface area contributed by atoms with E-state index >= 15 is 0 Å². The van der Waals surface area contributed by atoms with Gasteiger partial charge in [-0.15, -0.1) is 11.3 Å². The summed E-state index contributed by atoms with van der Waals surface area (Å²) in [6.45, 7) is 0. The van der Waals surface area contributed by atoms with Gasteiger partial charge in [-0.05, 0) is 82.4 Å². The van der Waals surface area contributed by atoms with Gasteiger partial charge in [-0.3, -0.25) is 0 Å². The highest BCUT2D eigenvalue weighted by Crippen LogP contribution is 2.48. The van der Waals surface area contributed by atoms with Crippen molar-refractivity contribution in [2.75, 3.05) is 4.90 Å². The second kappa shape index (κ2) is 11.2. The van der Waals surface area contributed by atoms with Crippen molar-refractivity contribution in [3.63, 3.8) is 0 Å². The summed E-state index contributed by atoms with van der Waals surface area (Å²) in [4.78, 5) is 2.53. The Morgan fingerprint density at radius 1 is 0.471 bits per heavy atom. The Bertz CT molecular complexity index is 2900. The van der Waals surface area contributed by atoms with E-state index in [0.29, 0.717) is 5.92 Å². The molecule has 51 heavy (non-hydrogen) atoms. The molecule has 1 aliphatic heterocycles. The smallest absolute Gasteiger partial charge is 0.0629 e. The Morgan fingerprint density at radius 2 is 1.20 bits per heavy atom. The zero-order valence-corrected chi connectivity index (χ0v) is 28.6. The number of aromatic nitrogens is 1. The van der Waals surface area contributed by atoms with E-state index in [4.69, 9.17) is 0 Å². The summed E-state index contributed by atoms with van der Waals surface area (Å²) in [5, 5.41) is 5.19. The molecular formula is C48H32N2S. The monoisotopic (exact) mass is 668 g/mol. The third-order valence-corrected chi connectivity index (χ3v) is 12.1. The van der Waals surface area contributed by atoms with Crippen molar-refractivity contribution in [2.24, 2.45) is 0 Å². The fraction of sp³-hybridized carbons (Fsp3) is 0.0417. The predicted octanol–water partition coefficient (Wildman–Crippen LogP) is 13.2. The quantitative estimate of drug-likeness (QED) is 0.181. The number of benzene rings is 7. The van der Waals surface area contributed by atoms with Crippen LogP contribution in [0.5, 0.6) is 0 Å². The molecule has 1 aliphatic carbocycles. The summed E-state index contributed by atoms with van der Waals surface area (Å²) in [7, 11) is 0. The highest BCUT2D eigenvalue weighted by atomic mass is 32.1. The average molecular weight is 669 g/mol. The maximum absolute atomic E-state index is 2.53. The lowest BCUT2D eigenvalue weighted by Gasteiger charge is -2.28. The normalized spacial score (nSPS) is 16.4. The number of para-hydroxylation sites is 2. The molecule has 240 valence electrons. The molecule has 0 bridgehead atoms. The first kappa shape index (κ1) is 28.7. The van der Waals surface area contributed by atoms with Crippen LogP contribution in [0.1, 0.15) is 11.5 Å². The first-order chi connectivity index (χ1) is 25.3. The molecule has 3 heteroatoms. The number of rotatable bonds is 4. The first-order valence-electron chi connectivity index (χ1n) is 17.7. The summed E-state index contributed by atoms with van der Waals surface area (Å²) in [5.41, 5.74) is 12.5. The molecule has 7 aromatic carbocycles. The molecule has 0 N–H and O–H groups in total. The molecule has 0 spiro atoms. The first-order valence-corrected chi connectivity index (χ1v) is 18.5. The number of hydrogen-bond donors (Lipinski definition) is 0. The van der Waals surface area contributed by atoms with E-state index in [2.05, 4.69) is 191 Å². The largest absolute Gasteiger partial charge is 0.333 e. The summed E-state index contributed by atoms with van der Waals surface area (Å²) >= 11 is 1.89. The van der Waals surface area contributed by atoms with Gasteiger partial charge in [0.1, 0.15) is 0 Å². The Labute approximate surface area is 300 Å². The van der Waals surface area contributed by atoms with Crippen molar-refractivity contribution in [2.45, 2.75) is 12.0 Å². The van der Waals surface area contributed by atoms with Crippen LogP contribution in [0.3, 0.4) is 0 Å². The van der Waals surface area contributed by atoms with Crippen LogP contribution in [-0.2, 0) is 0 Å². The van der Waals surface area contributed by atoms with E-state index in [0.717, 1.165) is 5.69 Å². The minimum atomic E-state index is 0.275. The molecular weight excluding hydrogens is 637 g/mol. The lowest BCUT2D eigenvalue weighted by atomic mass is 9.91. The van der Waals surface area contributed by atoms with E-state index in [9.17, 15) is 0 Å². The van der Waals surface area contributed by atoms with E-state index in [1.165, 1.54) is 81.2 Å². The van der Waals surface area contributed by atoms with Crippen molar-refractivity contribution in [1.29, 1.82) is 0 Å². The van der Waals surface area contributed by atoms with Gasteiger partial charge in [0.15, 0.2) is 0 Å². The van der Waals surface area contributed by atoms with Crippen molar-refractivity contribution >= 4 is 64.7 Å². The summed E-state index contributed by atoms with van der Waals surface area (Å²) < 4.78 is 5.11. The van der Waals surface area contributed by atoms with Gasteiger partial charge in [-0.2, -0.15) is 0 Å². The molecule has 2 aromatic heterocycles. The van der Waals surface area contributed by atoms with Crippen molar-refractivity contribution in [3.05, 3.63) is 188 Å². The third-order valence-electron chi connectivity index (χ3n) is 10.9. The van der Waals surface area contributed by atoms with Gasteiger partial charge in [0.2, 0.25) is 0 Å². The molecule has 9 aromatic rings. The standard InChI is InChI=1S/C48H32N2S/c1-5-22-43-37(16-1)38-17-2-6-23-44(38)50(43)35-26-27-46-42(30-35)39-18-3-7-24-45(39)49(46)34-15-10-13-32(29-34)31-12-9-14-33(28-31)36-20-11-21-41-40-19-4-8-25-47(40)51-48(36)41/h1-30,37,43H. The third kappa shape index (κ3) is 4.35. The number of thiophene rings is 1. The number of hydrogen-bond acceptors (Lipinski definition) is 2. The number of nitrogens with zero attached hydrogens (tertiary/aromatic N) is 2. The van der Waals surface area contributed by atoms with Crippen molar-refractivity contribution < 1.29 is 0 Å². The Morgan fingerprint density at radius 3 is 2.16 bits per heavy atom. The van der Waals surface area contributed by atoms with Crippen molar-refractivity contribution in [3.8, 4) is 27.9 Å². The molecule has 2 atom stereocenters. The van der Waals surface area contributed by atoms with Crippen LogP contribution in [0.15, 0.2) is 182 Å². The molecule has 2 aliphatic rings. The van der Waals surface area contributed by atoms with Crippen LogP contribution < -0.4 is 4.90 Å². The fourth-order valence-corrected chi connectivity index (χ4v) is 9.88. The van der Waals surface area contributed by atoms with Crippen LogP contribution >= 0.6 is 11.3 Å². The topological polar surface area (TPSA) is 8.17 Å². The Hall–Kier alpha value is -6.16. The van der Waals surface area contributed by atoms with Crippen LogP contribution in [0.2, 0.25) is 0 Å².